The van der Waals surface area contributed by atoms with Crippen LogP contribution in [0.5, 0.6) is 0 Å². The van der Waals surface area contributed by atoms with Crippen molar-refractivity contribution >= 4 is 35.8 Å². The molecule has 0 spiro atoms. The van der Waals surface area contributed by atoms with Gasteiger partial charge in [-0.1, -0.05) is 6.92 Å². The zero-order chi connectivity index (χ0) is 16.4. The van der Waals surface area contributed by atoms with Crippen molar-refractivity contribution < 1.29 is 9.53 Å². The molecule has 23 heavy (non-hydrogen) atoms. The van der Waals surface area contributed by atoms with Crippen LogP contribution in [0.15, 0.2) is 4.99 Å². The molecule has 1 aliphatic rings. The zero-order valence-corrected chi connectivity index (χ0v) is 17.3. The summed E-state index contributed by atoms with van der Waals surface area (Å²) in [5.41, 5.74) is 0. The second-order valence-electron chi connectivity index (χ2n) is 6.10. The van der Waals surface area contributed by atoms with Gasteiger partial charge >= 0.3 is 0 Å². The Labute approximate surface area is 158 Å². The molecule has 1 N–H and O–H groups in total. The number of hydrogen-bond donors (Lipinski definition) is 1. The van der Waals surface area contributed by atoms with E-state index in [-0.39, 0.29) is 36.4 Å². The molecule has 1 rings (SSSR count). The van der Waals surface area contributed by atoms with E-state index in [1.165, 1.54) is 12.8 Å². The molecule has 0 radical (unpaired) electrons. The summed E-state index contributed by atoms with van der Waals surface area (Å²) in [7, 11) is 3.52. The number of ether oxygens (including phenoxy) is 1. The number of likely N-dealkylation sites (N-methyl/N-ethyl adjacent to an activating group) is 1. The van der Waals surface area contributed by atoms with E-state index >= 15 is 0 Å². The van der Waals surface area contributed by atoms with E-state index < -0.39 is 0 Å². The van der Waals surface area contributed by atoms with Gasteiger partial charge in [0.05, 0.1) is 0 Å². The number of halogens is 1. The summed E-state index contributed by atoms with van der Waals surface area (Å²) in [5.74, 6) is 1.56. The maximum atomic E-state index is 11.8. The van der Waals surface area contributed by atoms with Gasteiger partial charge in [-0.25, -0.2) is 4.99 Å². The first kappa shape index (κ1) is 22.4. The Morgan fingerprint density at radius 2 is 2.17 bits per heavy atom. The Kier molecular flexibility index (Phi) is 12.5. The number of likely N-dealkylation sites (tertiary alicyclic amines) is 1. The summed E-state index contributed by atoms with van der Waals surface area (Å²) in [5, 5.41) is 3.39. The summed E-state index contributed by atoms with van der Waals surface area (Å²) in [6, 6.07) is 0. The standard InChI is InChI=1S/C16H32N4O2.HI/c1-5-22-11-7-9-17-16(18-12-15(21)19(3)4)20-10-6-8-14(2)13-20;/h14H,5-13H2,1-4H3,(H,17,18);1H. The Balaban J connectivity index is 0.00000484. The predicted octanol–water partition coefficient (Wildman–Crippen LogP) is 1.80. The van der Waals surface area contributed by atoms with Crippen molar-refractivity contribution in [2.75, 3.05) is 53.5 Å². The molecule has 136 valence electrons. The maximum absolute atomic E-state index is 11.8. The van der Waals surface area contributed by atoms with Gasteiger partial charge in [0.1, 0.15) is 6.54 Å². The number of guanidine groups is 1. The van der Waals surface area contributed by atoms with Crippen LogP contribution in [0, 0.1) is 5.92 Å². The molecule has 7 heteroatoms. The largest absolute Gasteiger partial charge is 0.382 e. The van der Waals surface area contributed by atoms with Crippen LogP contribution < -0.4 is 5.32 Å². The van der Waals surface area contributed by atoms with Gasteiger partial charge in [0, 0.05) is 46.9 Å². The highest BCUT2D eigenvalue weighted by Crippen LogP contribution is 2.15. The van der Waals surface area contributed by atoms with Crippen molar-refractivity contribution in [3.63, 3.8) is 0 Å². The summed E-state index contributed by atoms with van der Waals surface area (Å²) < 4.78 is 5.35. The lowest BCUT2D eigenvalue weighted by Crippen LogP contribution is -2.47. The Hall–Kier alpha value is -0.570. The van der Waals surface area contributed by atoms with Crippen LogP contribution in [-0.4, -0.2) is 75.2 Å². The van der Waals surface area contributed by atoms with Crippen molar-refractivity contribution in [1.82, 2.24) is 15.1 Å². The smallest absolute Gasteiger partial charge is 0.243 e. The molecule has 1 heterocycles. The molecule has 1 saturated heterocycles. The normalized spacial score (nSPS) is 18.3. The van der Waals surface area contributed by atoms with E-state index in [0.29, 0.717) is 5.92 Å². The number of rotatable bonds is 7. The number of carbonyl (C=O) groups excluding carboxylic acids is 1. The SMILES string of the molecule is CCOCCCNC(=NCC(=O)N(C)C)N1CCCC(C)C1.I. The number of nitrogens with one attached hydrogen (secondary N) is 1. The quantitative estimate of drug-likeness (QED) is 0.284. The van der Waals surface area contributed by atoms with Crippen molar-refractivity contribution in [2.45, 2.75) is 33.1 Å². The lowest BCUT2D eigenvalue weighted by atomic mass is 10.0. The van der Waals surface area contributed by atoms with Crippen LogP contribution in [0.4, 0.5) is 0 Å². The molecule has 0 saturated carbocycles. The molecule has 1 unspecified atom stereocenters. The zero-order valence-electron chi connectivity index (χ0n) is 15.0. The Morgan fingerprint density at radius 3 is 2.78 bits per heavy atom. The van der Waals surface area contributed by atoms with Crippen molar-refractivity contribution in [1.29, 1.82) is 0 Å². The van der Waals surface area contributed by atoms with Crippen LogP contribution in [0.2, 0.25) is 0 Å². The number of carbonyl (C=O) groups is 1. The van der Waals surface area contributed by atoms with Gasteiger partial charge < -0.3 is 19.9 Å². The third kappa shape index (κ3) is 9.34. The second-order valence-corrected chi connectivity index (χ2v) is 6.10. The van der Waals surface area contributed by atoms with Crippen molar-refractivity contribution in [3.8, 4) is 0 Å². The molecule has 0 aromatic carbocycles. The number of amides is 1. The fraction of sp³-hybridized carbons (Fsp3) is 0.875. The average molecular weight is 440 g/mol. The van der Waals surface area contributed by atoms with Gasteiger partial charge in [-0.05, 0) is 32.1 Å². The molecule has 0 aromatic rings. The maximum Gasteiger partial charge on any atom is 0.243 e. The van der Waals surface area contributed by atoms with Gasteiger partial charge in [0.15, 0.2) is 5.96 Å². The first-order valence-corrected chi connectivity index (χ1v) is 8.35. The van der Waals surface area contributed by atoms with Gasteiger partial charge in [0.25, 0.3) is 0 Å². The highest BCUT2D eigenvalue weighted by molar-refractivity contribution is 14.0. The lowest BCUT2D eigenvalue weighted by Gasteiger charge is -2.33. The van der Waals surface area contributed by atoms with Crippen LogP contribution in [0.1, 0.15) is 33.1 Å². The van der Waals surface area contributed by atoms with E-state index in [1.807, 2.05) is 6.92 Å². The summed E-state index contributed by atoms with van der Waals surface area (Å²) >= 11 is 0. The van der Waals surface area contributed by atoms with Crippen LogP contribution in [0.25, 0.3) is 0 Å². The first-order chi connectivity index (χ1) is 10.5. The first-order valence-electron chi connectivity index (χ1n) is 8.35. The molecule has 0 aromatic heterocycles. The number of aliphatic imine (C=N–C) groups is 1. The molecular weight excluding hydrogens is 407 g/mol. The van der Waals surface area contributed by atoms with E-state index in [0.717, 1.165) is 45.2 Å². The molecule has 1 amide bonds. The molecule has 1 aliphatic heterocycles. The third-order valence-corrected chi connectivity index (χ3v) is 3.77. The monoisotopic (exact) mass is 440 g/mol. The molecular formula is C16H33IN4O2. The van der Waals surface area contributed by atoms with Crippen molar-refractivity contribution in [3.05, 3.63) is 0 Å². The van der Waals surface area contributed by atoms with Gasteiger partial charge in [-0.15, -0.1) is 24.0 Å². The number of hydrogen-bond acceptors (Lipinski definition) is 3. The highest BCUT2D eigenvalue weighted by Gasteiger charge is 2.19. The van der Waals surface area contributed by atoms with Gasteiger partial charge in [0.2, 0.25) is 5.91 Å². The molecule has 1 fully saturated rings. The molecule has 0 aliphatic carbocycles. The van der Waals surface area contributed by atoms with E-state index in [4.69, 9.17) is 4.74 Å². The minimum atomic E-state index is 0. The highest BCUT2D eigenvalue weighted by atomic mass is 127. The van der Waals surface area contributed by atoms with Gasteiger partial charge in [-0.3, -0.25) is 4.79 Å². The third-order valence-electron chi connectivity index (χ3n) is 3.77. The van der Waals surface area contributed by atoms with Gasteiger partial charge in [-0.2, -0.15) is 0 Å². The fourth-order valence-corrected chi connectivity index (χ4v) is 2.45. The Morgan fingerprint density at radius 1 is 1.43 bits per heavy atom. The minimum Gasteiger partial charge on any atom is -0.382 e. The second kappa shape index (κ2) is 12.8. The van der Waals surface area contributed by atoms with Crippen LogP contribution in [0.3, 0.4) is 0 Å². The minimum absolute atomic E-state index is 0. The average Bonchev–Trinajstić information content (AvgIpc) is 2.49. The fourth-order valence-electron chi connectivity index (χ4n) is 2.45. The summed E-state index contributed by atoms with van der Waals surface area (Å²) in [6.07, 6.45) is 3.39. The Bertz CT molecular complexity index is 364. The van der Waals surface area contributed by atoms with E-state index in [9.17, 15) is 4.79 Å². The predicted molar refractivity (Wildman–Crippen MR) is 105 cm³/mol. The summed E-state index contributed by atoms with van der Waals surface area (Å²) in [6.45, 7) is 8.81. The molecule has 0 bridgehead atoms. The molecule has 6 nitrogen and oxygen atoms in total. The van der Waals surface area contributed by atoms with Crippen molar-refractivity contribution in [2.24, 2.45) is 10.9 Å². The van der Waals surface area contributed by atoms with E-state index in [1.54, 1.807) is 19.0 Å². The topological polar surface area (TPSA) is 57.2 Å². The van der Waals surface area contributed by atoms with Crippen LogP contribution in [-0.2, 0) is 9.53 Å². The number of piperidine rings is 1. The number of nitrogens with zero attached hydrogens (tertiary/aromatic N) is 3. The van der Waals surface area contributed by atoms with Crippen LogP contribution >= 0.6 is 24.0 Å². The lowest BCUT2D eigenvalue weighted by molar-refractivity contribution is -0.127. The molecule has 1 atom stereocenters. The van der Waals surface area contributed by atoms with E-state index in [2.05, 4.69) is 22.1 Å². The summed E-state index contributed by atoms with van der Waals surface area (Å²) in [4.78, 5) is 20.1.